The van der Waals surface area contributed by atoms with Gasteiger partial charge in [-0.1, -0.05) is 24.3 Å². The molecule has 1 heterocycles. The summed E-state index contributed by atoms with van der Waals surface area (Å²) in [7, 11) is 0. The van der Waals surface area contributed by atoms with Crippen LogP contribution in [0.2, 0.25) is 0 Å². The molecule has 0 radical (unpaired) electrons. The highest BCUT2D eigenvalue weighted by atomic mass is 19.4. The molecule has 20 heavy (non-hydrogen) atoms. The number of hydrogen-bond donors (Lipinski definition) is 1. The van der Waals surface area contributed by atoms with Gasteiger partial charge in [-0.05, 0) is 25.2 Å². The Hall–Kier alpha value is -1.62. The van der Waals surface area contributed by atoms with E-state index < -0.39 is 18.2 Å². The molecule has 0 aliphatic carbocycles. The Kier molecular flexibility index (Phi) is 3.99. The van der Waals surface area contributed by atoms with Crippen LogP contribution in [-0.2, 0) is 5.60 Å². The Morgan fingerprint density at radius 2 is 1.80 bits per heavy atom. The lowest BCUT2D eigenvalue weighted by molar-refractivity contribution is -0.137. The van der Waals surface area contributed by atoms with E-state index in [4.69, 9.17) is 0 Å². The number of alkyl halides is 3. The van der Waals surface area contributed by atoms with Crippen molar-refractivity contribution in [1.82, 2.24) is 4.98 Å². The van der Waals surface area contributed by atoms with Crippen LogP contribution in [0.4, 0.5) is 13.2 Å². The maximum absolute atomic E-state index is 12.2. The summed E-state index contributed by atoms with van der Waals surface area (Å²) in [6.07, 6.45) is -1.95. The first kappa shape index (κ1) is 14.8. The van der Waals surface area contributed by atoms with Crippen LogP contribution in [0.15, 0.2) is 36.7 Å². The number of pyridine rings is 1. The van der Waals surface area contributed by atoms with Crippen molar-refractivity contribution in [3.8, 4) is 0 Å². The minimum absolute atomic E-state index is 0.0438. The number of aromatic nitrogens is 1. The van der Waals surface area contributed by atoms with Crippen LogP contribution >= 0.6 is 0 Å². The summed E-state index contributed by atoms with van der Waals surface area (Å²) in [5.41, 5.74) is -0.753. The van der Waals surface area contributed by atoms with Crippen LogP contribution in [-0.4, -0.2) is 16.3 Å². The first-order chi connectivity index (χ1) is 9.30. The highest BCUT2D eigenvalue weighted by Gasteiger charge is 2.30. The molecular formula is C15H16F3NO. The molecule has 0 aliphatic rings. The predicted molar refractivity (Wildman–Crippen MR) is 71.2 cm³/mol. The average Bonchev–Trinajstić information content (AvgIpc) is 2.36. The van der Waals surface area contributed by atoms with Gasteiger partial charge in [0.15, 0.2) is 0 Å². The largest absolute Gasteiger partial charge is 0.389 e. The first-order valence-corrected chi connectivity index (χ1v) is 6.42. The number of nitrogens with zero attached hydrogens (tertiary/aromatic N) is 1. The van der Waals surface area contributed by atoms with Gasteiger partial charge < -0.3 is 5.11 Å². The van der Waals surface area contributed by atoms with Crippen molar-refractivity contribution < 1.29 is 18.3 Å². The van der Waals surface area contributed by atoms with Crippen molar-refractivity contribution in [3.05, 3.63) is 42.2 Å². The predicted octanol–water partition coefficient (Wildman–Crippen LogP) is 4.17. The fourth-order valence-electron chi connectivity index (χ4n) is 2.31. The molecule has 2 rings (SSSR count). The van der Waals surface area contributed by atoms with Gasteiger partial charge in [0.2, 0.25) is 0 Å². The molecule has 0 aliphatic heterocycles. The van der Waals surface area contributed by atoms with Gasteiger partial charge in [0.1, 0.15) is 0 Å². The van der Waals surface area contributed by atoms with Crippen molar-refractivity contribution in [2.24, 2.45) is 0 Å². The number of rotatable bonds is 4. The molecule has 1 unspecified atom stereocenters. The lowest BCUT2D eigenvalue weighted by Crippen LogP contribution is -2.22. The van der Waals surface area contributed by atoms with Gasteiger partial charge in [0, 0.05) is 29.8 Å². The second-order valence-corrected chi connectivity index (χ2v) is 5.15. The topological polar surface area (TPSA) is 33.1 Å². The Balaban J connectivity index is 2.23. The molecule has 1 N–H and O–H groups in total. The lowest BCUT2D eigenvalue weighted by Gasteiger charge is -2.25. The molecule has 0 spiro atoms. The third-order valence-corrected chi connectivity index (χ3v) is 3.37. The number of hydrogen-bond acceptors (Lipinski definition) is 2. The molecule has 0 saturated carbocycles. The number of halogens is 3. The molecule has 0 saturated heterocycles. The fourth-order valence-corrected chi connectivity index (χ4v) is 2.31. The zero-order valence-electron chi connectivity index (χ0n) is 11.1. The Morgan fingerprint density at radius 3 is 2.50 bits per heavy atom. The zero-order chi connectivity index (χ0) is 14.8. The van der Waals surface area contributed by atoms with E-state index >= 15 is 0 Å². The van der Waals surface area contributed by atoms with Crippen LogP contribution in [0.25, 0.3) is 10.8 Å². The van der Waals surface area contributed by atoms with Crippen LogP contribution in [0.1, 0.15) is 31.7 Å². The zero-order valence-corrected chi connectivity index (χ0v) is 11.1. The molecule has 1 aromatic carbocycles. The van der Waals surface area contributed by atoms with Crippen molar-refractivity contribution in [3.63, 3.8) is 0 Å². The van der Waals surface area contributed by atoms with E-state index in [-0.39, 0.29) is 12.8 Å². The average molecular weight is 283 g/mol. The van der Waals surface area contributed by atoms with E-state index in [2.05, 4.69) is 4.98 Å². The summed E-state index contributed by atoms with van der Waals surface area (Å²) < 4.78 is 36.6. The van der Waals surface area contributed by atoms with E-state index in [9.17, 15) is 18.3 Å². The van der Waals surface area contributed by atoms with Crippen molar-refractivity contribution in [2.75, 3.05) is 0 Å². The number of aliphatic hydroxyl groups is 1. The normalized spacial score (nSPS) is 15.2. The second-order valence-electron chi connectivity index (χ2n) is 5.15. The van der Waals surface area contributed by atoms with Gasteiger partial charge in [0.25, 0.3) is 0 Å². The maximum atomic E-state index is 12.2. The van der Waals surface area contributed by atoms with E-state index in [0.29, 0.717) is 5.56 Å². The fraction of sp³-hybridized carbons (Fsp3) is 0.400. The Morgan fingerprint density at radius 1 is 1.10 bits per heavy atom. The second kappa shape index (κ2) is 5.40. The highest BCUT2D eigenvalue weighted by molar-refractivity contribution is 5.85. The maximum Gasteiger partial charge on any atom is 0.389 e. The number of fused-ring (bicyclic) bond motifs is 1. The summed E-state index contributed by atoms with van der Waals surface area (Å²) in [6, 6.07) is 7.38. The van der Waals surface area contributed by atoms with Crippen molar-refractivity contribution in [1.29, 1.82) is 0 Å². The third kappa shape index (κ3) is 3.48. The van der Waals surface area contributed by atoms with Gasteiger partial charge in [0.05, 0.1) is 5.60 Å². The monoisotopic (exact) mass is 283 g/mol. The summed E-state index contributed by atoms with van der Waals surface area (Å²) >= 11 is 0. The molecule has 0 fully saturated rings. The van der Waals surface area contributed by atoms with E-state index in [0.717, 1.165) is 10.8 Å². The van der Waals surface area contributed by atoms with Crippen LogP contribution in [0.3, 0.4) is 0 Å². The van der Waals surface area contributed by atoms with Gasteiger partial charge >= 0.3 is 6.18 Å². The first-order valence-electron chi connectivity index (χ1n) is 6.42. The van der Waals surface area contributed by atoms with Gasteiger partial charge in [-0.25, -0.2) is 0 Å². The molecule has 1 aromatic heterocycles. The molecular weight excluding hydrogens is 267 g/mol. The quantitative estimate of drug-likeness (QED) is 0.913. The number of benzene rings is 1. The molecule has 2 nitrogen and oxygen atoms in total. The van der Waals surface area contributed by atoms with E-state index in [1.807, 2.05) is 24.3 Å². The molecule has 5 heteroatoms. The van der Waals surface area contributed by atoms with E-state index in [1.54, 1.807) is 6.20 Å². The minimum atomic E-state index is -4.19. The lowest BCUT2D eigenvalue weighted by atomic mass is 9.88. The minimum Gasteiger partial charge on any atom is -0.385 e. The smallest absolute Gasteiger partial charge is 0.385 e. The molecule has 108 valence electrons. The van der Waals surface area contributed by atoms with Crippen LogP contribution in [0.5, 0.6) is 0 Å². The third-order valence-electron chi connectivity index (χ3n) is 3.37. The Bertz CT molecular complexity index is 588. The van der Waals surface area contributed by atoms with Crippen LogP contribution in [0, 0.1) is 0 Å². The molecule has 1 atom stereocenters. The van der Waals surface area contributed by atoms with E-state index in [1.165, 1.54) is 13.1 Å². The summed E-state index contributed by atoms with van der Waals surface area (Å²) in [5, 5.41) is 12.2. The van der Waals surface area contributed by atoms with Gasteiger partial charge in [-0.15, -0.1) is 0 Å². The summed E-state index contributed by atoms with van der Waals surface area (Å²) in [6.45, 7) is 1.53. The van der Waals surface area contributed by atoms with Gasteiger partial charge in [-0.2, -0.15) is 13.2 Å². The molecule has 0 amide bonds. The standard InChI is InChI=1S/C15H16F3NO/c1-14(20,7-4-8-15(16,17)18)13-10-19-9-11-5-2-3-6-12(11)13/h2-3,5-6,9-10,20H,4,7-8H2,1H3. The molecule has 2 aromatic rings. The SMILES string of the molecule is CC(O)(CCCC(F)(F)F)c1cncc2ccccc12. The highest BCUT2D eigenvalue weighted by Crippen LogP contribution is 2.33. The van der Waals surface area contributed by atoms with Crippen molar-refractivity contribution >= 4 is 10.8 Å². The van der Waals surface area contributed by atoms with Gasteiger partial charge in [-0.3, -0.25) is 4.98 Å². The van der Waals surface area contributed by atoms with Crippen LogP contribution < -0.4 is 0 Å². The molecule has 0 bridgehead atoms. The summed E-state index contributed by atoms with van der Waals surface area (Å²) in [5.74, 6) is 0. The Labute approximate surface area is 115 Å². The van der Waals surface area contributed by atoms with Crippen molar-refractivity contribution in [2.45, 2.75) is 38.0 Å². The summed E-state index contributed by atoms with van der Waals surface area (Å²) in [4.78, 5) is 4.05.